The maximum absolute atomic E-state index is 10.8. The van der Waals surface area contributed by atoms with Crippen LogP contribution in [-0.4, -0.2) is 15.6 Å². The SMILES string of the molecule is CC(C)(C#N)CCCCn1cc(C(=O)O)cc1Br. The van der Waals surface area contributed by atoms with Crippen LogP contribution in [0, 0.1) is 16.7 Å². The van der Waals surface area contributed by atoms with Gasteiger partial charge in [0, 0.05) is 12.7 Å². The van der Waals surface area contributed by atoms with Gasteiger partial charge in [-0.15, -0.1) is 0 Å². The number of carboxylic acid groups (broad SMARTS) is 1. The van der Waals surface area contributed by atoms with Gasteiger partial charge in [0.2, 0.25) is 0 Å². The fourth-order valence-electron chi connectivity index (χ4n) is 1.67. The van der Waals surface area contributed by atoms with E-state index in [2.05, 4.69) is 22.0 Å². The van der Waals surface area contributed by atoms with Crippen LogP contribution in [0.25, 0.3) is 0 Å². The van der Waals surface area contributed by atoms with Crippen molar-refractivity contribution in [2.24, 2.45) is 5.41 Å². The van der Waals surface area contributed by atoms with E-state index in [4.69, 9.17) is 10.4 Å². The van der Waals surface area contributed by atoms with Gasteiger partial charge in [-0.3, -0.25) is 0 Å². The number of aromatic carboxylic acids is 1. The van der Waals surface area contributed by atoms with Crippen LogP contribution < -0.4 is 0 Å². The van der Waals surface area contributed by atoms with Gasteiger partial charge in [0.05, 0.1) is 21.7 Å². The maximum Gasteiger partial charge on any atom is 0.337 e. The van der Waals surface area contributed by atoms with Crippen LogP contribution in [0.4, 0.5) is 0 Å². The molecule has 1 heterocycles. The standard InChI is InChI=1S/C13H17BrN2O2/c1-13(2,9-15)5-3-4-6-16-8-10(12(17)18)7-11(16)14/h7-8H,3-6H2,1-2H3,(H,17,18). The number of unbranched alkanes of at least 4 members (excludes halogenated alkanes) is 1. The van der Waals surface area contributed by atoms with Gasteiger partial charge in [0.25, 0.3) is 0 Å². The quantitative estimate of drug-likeness (QED) is 0.815. The molecular formula is C13H17BrN2O2. The Morgan fingerprint density at radius 3 is 2.72 bits per heavy atom. The molecule has 0 aromatic carbocycles. The van der Waals surface area contributed by atoms with Crippen LogP contribution in [0.1, 0.15) is 43.5 Å². The Balaban J connectivity index is 2.45. The lowest BCUT2D eigenvalue weighted by Gasteiger charge is -2.14. The molecule has 0 radical (unpaired) electrons. The van der Waals surface area contributed by atoms with Crippen LogP contribution in [0.5, 0.6) is 0 Å². The molecule has 0 amide bonds. The average molecular weight is 313 g/mol. The summed E-state index contributed by atoms with van der Waals surface area (Å²) in [4.78, 5) is 10.8. The molecule has 1 aromatic rings. The van der Waals surface area contributed by atoms with Gasteiger partial charge in [0.15, 0.2) is 0 Å². The molecule has 0 fully saturated rings. The lowest BCUT2D eigenvalue weighted by Crippen LogP contribution is -2.08. The molecule has 0 atom stereocenters. The van der Waals surface area contributed by atoms with Crippen molar-refractivity contribution in [2.45, 2.75) is 39.7 Å². The van der Waals surface area contributed by atoms with E-state index in [-0.39, 0.29) is 5.41 Å². The fraction of sp³-hybridized carbons (Fsp3) is 0.538. The first kappa shape index (κ1) is 14.8. The first-order valence-electron chi connectivity index (χ1n) is 5.86. The topological polar surface area (TPSA) is 66.0 Å². The summed E-state index contributed by atoms with van der Waals surface area (Å²) >= 11 is 3.34. The molecule has 0 bridgehead atoms. The number of carbonyl (C=O) groups is 1. The summed E-state index contributed by atoms with van der Waals surface area (Å²) in [5, 5.41) is 17.8. The molecule has 1 rings (SSSR count). The monoisotopic (exact) mass is 312 g/mol. The molecule has 1 aromatic heterocycles. The minimum absolute atomic E-state index is 0.278. The van der Waals surface area contributed by atoms with E-state index in [1.807, 2.05) is 18.4 Å². The Labute approximate surface area is 115 Å². The molecule has 1 N–H and O–H groups in total. The second-order valence-electron chi connectivity index (χ2n) is 5.00. The highest BCUT2D eigenvalue weighted by Gasteiger charge is 2.15. The largest absolute Gasteiger partial charge is 0.478 e. The van der Waals surface area contributed by atoms with E-state index in [1.165, 1.54) is 0 Å². The van der Waals surface area contributed by atoms with Crippen molar-refractivity contribution in [3.63, 3.8) is 0 Å². The van der Waals surface area contributed by atoms with Crippen LogP contribution in [0.15, 0.2) is 16.9 Å². The third-order valence-corrected chi connectivity index (χ3v) is 3.53. The number of aromatic nitrogens is 1. The Hall–Kier alpha value is -1.28. The molecular weight excluding hydrogens is 296 g/mol. The van der Waals surface area contributed by atoms with Crippen LogP contribution >= 0.6 is 15.9 Å². The van der Waals surface area contributed by atoms with E-state index in [0.29, 0.717) is 5.56 Å². The van der Waals surface area contributed by atoms with Gasteiger partial charge in [0.1, 0.15) is 0 Å². The third-order valence-electron chi connectivity index (χ3n) is 2.84. The van der Waals surface area contributed by atoms with Crippen LogP contribution in [0.2, 0.25) is 0 Å². The van der Waals surface area contributed by atoms with Crippen molar-refractivity contribution in [2.75, 3.05) is 0 Å². The Morgan fingerprint density at radius 1 is 1.56 bits per heavy atom. The highest BCUT2D eigenvalue weighted by molar-refractivity contribution is 9.10. The van der Waals surface area contributed by atoms with Gasteiger partial charge < -0.3 is 9.67 Å². The Bertz CT molecular complexity index is 472. The highest BCUT2D eigenvalue weighted by Crippen LogP contribution is 2.22. The Kier molecular flexibility index (Phi) is 4.97. The first-order valence-corrected chi connectivity index (χ1v) is 6.65. The molecule has 18 heavy (non-hydrogen) atoms. The molecule has 0 spiro atoms. The van der Waals surface area contributed by atoms with Gasteiger partial charge in [-0.2, -0.15) is 5.26 Å². The first-order chi connectivity index (χ1) is 8.35. The van der Waals surface area contributed by atoms with Crippen molar-refractivity contribution >= 4 is 21.9 Å². The highest BCUT2D eigenvalue weighted by atomic mass is 79.9. The second kappa shape index (κ2) is 6.05. The summed E-state index contributed by atoms with van der Waals surface area (Å²) in [5.41, 5.74) is 0.0133. The van der Waals surface area contributed by atoms with Crippen molar-refractivity contribution in [1.82, 2.24) is 4.57 Å². The lowest BCUT2D eigenvalue weighted by molar-refractivity contribution is 0.0697. The summed E-state index contributed by atoms with van der Waals surface area (Å²) in [6.45, 7) is 4.62. The van der Waals surface area contributed by atoms with Crippen LogP contribution in [-0.2, 0) is 6.54 Å². The normalized spacial score (nSPS) is 11.2. The summed E-state index contributed by atoms with van der Waals surface area (Å²) in [6, 6.07) is 3.88. The van der Waals surface area contributed by atoms with Gasteiger partial charge in [-0.05, 0) is 48.7 Å². The number of hydrogen-bond acceptors (Lipinski definition) is 2. The maximum atomic E-state index is 10.8. The number of nitriles is 1. The van der Waals surface area contributed by atoms with Crippen LogP contribution in [0.3, 0.4) is 0 Å². The predicted octanol–water partition coefficient (Wildman–Crippen LogP) is 3.67. The van der Waals surface area contributed by atoms with E-state index < -0.39 is 5.97 Å². The predicted molar refractivity (Wildman–Crippen MR) is 72.3 cm³/mol. The molecule has 0 saturated heterocycles. The van der Waals surface area contributed by atoms with Gasteiger partial charge in [-0.25, -0.2) is 4.79 Å². The number of nitrogens with zero attached hydrogens (tertiary/aromatic N) is 2. The summed E-state index contributed by atoms with van der Waals surface area (Å²) in [7, 11) is 0. The molecule has 4 nitrogen and oxygen atoms in total. The van der Waals surface area contributed by atoms with Crippen molar-refractivity contribution in [3.8, 4) is 6.07 Å². The summed E-state index contributed by atoms with van der Waals surface area (Å²) in [5.74, 6) is -0.917. The number of rotatable bonds is 6. The van der Waals surface area contributed by atoms with Crippen molar-refractivity contribution in [1.29, 1.82) is 5.26 Å². The van der Waals surface area contributed by atoms with Crippen molar-refractivity contribution in [3.05, 3.63) is 22.4 Å². The lowest BCUT2D eigenvalue weighted by atomic mass is 9.89. The molecule has 0 aliphatic carbocycles. The van der Waals surface area contributed by atoms with Crippen molar-refractivity contribution < 1.29 is 9.90 Å². The summed E-state index contributed by atoms with van der Waals surface area (Å²) < 4.78 is 2.66. The molecule has 5 heteroatoms. The van der Waals surface area contributed by atoms with E-state index in [1.54, 1.807) is 12.3 Å². The molecule has 0 aliphatic rings. The fourth-order valence-corrected chi connectivity index (χ4v) is 2.20. The van der Waals surface area contributed by atoms with E-state index in [9.17, 15) is 4.79 Å². The zero-order chi connectivity index (χ0) is 13.8. The second-order valence-corrected chi connectivity index (χ2v) is 5.82. The van der Waals surface area contributed by atoms with E-state index in [0.717, 1.165) is 30.4 Å². The molecule has 0 saturated carbocycles. The Morgan fingerprint density at radius 2 is 2.22 bits per heavy atom. The van der Waals surface area contributed by atoms with E-state index >= 15 is 0 Å². The number of carboxylic acids is 1. The van der Waals surface area contributed by atoms with Gasteiger partial charge in [-0.1, -0.05) is 6.42 Å². The molecule has 98 valence electrons. The summed E-state index contributed by atoms with van der Waals surface area (Å²) in [6.07, 6.45) is 4.36. The molecule has 0 unspecified atom stereocenters. The minimum Gasteiger partial charge on any atom is -0.478 e. The zero-order valence-corrected chi connectivity index (χ0v) is 12.2. The zero-order valence-electron chi connectivity index (χ0n) is 10.6. The average Bonchev–Trinajstić information content (AvgIpc) is 2.67. The van der Waals surface area contributed by atoms with Gasteiger partial charge >= 0.3 is 5.97 Å². The smallest absolute Gasteiger partial charge is 0.337 e. The third kappa shape index (κ3) is 4.19. The number of hydrogen-bond donors (Lipinski definition) is 1. The number of aryl methyl sites for hydroxylation is 1. The minimum atomic E-state index is -0.917. The number of halogens is 1. The molecule has 0 aliphatic heterocycles.